The van der Waals surface area contributed by atoms with Crippen molar-refractivity contribution in [2.24, 2.45) is 17.8 Å². The molecule has 1 saturated carbocycles. The third kappa shape index (κ3) is 5.37. The van der Waals surface area contributed by atoms with E-state index in [-0.39, 0.29) is 5.82 Å². The van der Waals surface area contributed by atoms with Gasteiger partial charge in [-0.3, -0.25) is 0 Å². The highest BCUT2D eigenvalue weighted by Gasteiger charge is 2.25. The third-order valence-corrected chi connectivity index (χ3v) is 5.02. The highest BCUT2D eigenvalue weighted by molar-refractivity contribution is 9.10. The molecule has 21 heavy (non-hydrogen) atoms. The van der Waals surface area contributed by atoms with E-state index in [9.17, 15) is 4.39 Å². The molecule has 0 amide bonds. The van der Waals surface area contributed by atoms with Crippen molar-refractivity contribution in [2.75, 3.05) is 13.1 Å². The van der Waals surface area contributed by atoms with Crippen molar-refractivity contribution in [3.05, 3.63) is 34.1 Å². The van der Waals surface area contributed by atoms with Crippen LogP contribution in [0.3, 0.4) is 0 Å². The number of halogens is 2. The van der Waals surface area contributed by atoms with Crippen molar-refractivity contribution in [2.45, 2.75) is 46.0 Å². The lowest BCUT2D eigenvalue weighted by Gasteiger charge is -2.32. The first-order valence-corrected chi connectivity index (χ1v) is 9.00. The van der Waals surface area contributed by atoms with Crippen LogP contribution in [0.2, 0.25) is 0 Å². The molecule has 0 bridgehead atoms. The Labute approximate surface area is 136 Å². The first-order valence-electron chi connectivity index (χ1n) is 8.21. The van der Waals surface area contributed by atoms with Crippen LogP contribution in [0.25, 0.3) is 0 Å². The van der Waals surface area contributed by atoms with Crippen LogP contribution >= 0.6 is 15.9 Å². The van der Waals surface area contributed by atoms with Gasteiger partial charge in [-0.15, -0.1) is 0 Å². The molecule has 1 fully saturated rings. The van der Waals surface area contributed by atoms with Gasteiger partial charge < -0.3 is 5.32 Å². The monoisotopic (exact) mass is 355 g/mol. The van der Waals surface area contributed by atoms with Gasteiger partial charge in [0.1, 0.15) is 5.82 Å². The van der Waals surface area contributed by atoms with Crippen LogP contribution in [0.5, 0.6) is 0 Å². The van der Waals surface area contributed by atoms with Crippen LogP contribution in [0.1, 0.15) is 45.1 Å². The number of nitrogens with one attached hydrogen (secondary N) is 1. The van der Waals surface area contributed by atoms with Gasteiger partial charge in [-0.25, -0.2) is 4.39 Å². The van der Waals surface area contributed by atoms with Crippen molar-refractivity contribution in [3.8, 4) is 0 Å². The van der Waals surface area contributed by atoms with E-state index in [4.69, 9.17) is 0 Å². The van der Waals surface area contributed by atoms with Gasteiger partial charge in [0.15, 0.2) is 0 Å². The largest absolute Gasteiger partial charge is 0.316 e. The third-order valence-electron chi connectivity index (χ3n) is 4.52. The van der Waals surface area contributed by atoms with Crippen molar-refractivity contribution in [1.29, 1.82) is 0 Å². The summed E-state index contributed by atoms with van der Waals surface area (Å²) in [7, 11) is 0. The fourth-order valence-electron chi connectivity index (χ4n) is 3.35. The van der Waals surface area contributed by atoms with Crippen molar-refractivity contribution in [3.63, 3.8) is 0 Å². The predicted octanol–water partition coefficient (Wildman–Crippen LogP) is 5.18. The van der Waals surface area contributed by atoms with Crippen LogP contribution in [0, 0.1) is 23.6 Å². The molecular weight excluding hydrogens is 329 g/mol. The zero-order valence-corrected chi connectivity index (χ0v) is 14.8. The Morgan fingerprint density at radius 1 is 1.24 bits per heavy atom. The highest BCUT2D eigenvalue weighted by atomic mass is 79.9. The Morgan fingerprint density at radius 3 is 2.62 bits per heavy atom. The van der Waals surface area contributed by atoms with E-state index in [2.05, 4.69) is 35.1 Å². The molecule has 0 aromatic heterocycles. The Hall–Kier alpha value is -0.410. The van der Waals surface area contributed by atoms with Crippen molar-refractivity contribution >= 4 is 15.9 Å². The molecule has 0 radical (unpaired) electrons. The first kappa shape index (κ1) is 17.0. The Bertz CT molecular complexity index is 447. The Morgan fingerprint density at radius 2 is 1.95 bits per heavy atom. The lowest BCUT2D eigenvalue weighted by molar-refractivity contribution is 0.225. The molecule has 2 atom stereocenters. The standard InChI is InChI=1S/C18H27BrFN/c1-13(2)11-21-12-16-6-4-3-5-14(16)9-15-7-8-17(19)10-18(15)20/h7-8,10,13-14,16,21H,3-6,9,11-12H2,1-2H3. The molecule has 0 saturated heterocycles. The number of hydrogen-bond acceptors (Lipinski definition) is 1. The molecule has 1 nitrogen and oxygen atoms in total. The molecule has 3 heteroatoms. The fourth-order valence-corrected chi connectivity index (χ4v) is 3.68. The molecule has 0 heterocycles. The molecule has 1 aliphatic carbocycles. The summed E-state index contributed by atoms with van der Waals surface area (Å²) in [6, 6.07) is 5.48. The van der Waals surface area contributed by atoms with E-state index in [1.807, 2.05) is 12.1 Å². The van der Waals surface area contributed by atoms with Gasteiger partial charge >= 0.3 is 0 Å². The number of hydrogen-bond donors (Lipinski definition) is 1. The van der Waals surface area contributed by atoms with Gasteiger partial charge in [-0.05, 0) is 67.8 Å². The summed E-state index contributed by atoms with van der Waals surface area (Å²) < 4.78 is 14.9. The van der Waals surface area contributed by atoms with Crippen LogP contribution in [-0.2, 0) is 6.42 Å². The summed E-state index contributed by atoms with van der Waals surface area (Å²) in [6.07, 6.45) is 6.03. The molecular formula is C18H27BrFN. The molecule has 2 unspecified atom stereocenters. The molecule has 2 rings (SSSR count). The maximum absolute atomic E-state index is 14.0. The van der Waals surface area contributed by atoms with E-state index >= 15 is 0 Å². The van der Waals surface area contributed by atoms with Crippen LogP contribution in [0.4, 0.5) is 4.39 Å². The van der Waals surface area contributed by atoms with Gasteiger partial charge in [-0.1, -0.05) is 48.7 Å². The Kier molecular flexibility index (Phi) is 6.69. The van der Waals surface area contributed by atoms with Crippen molar-refractivity contribution < 1.29 is 4.39 Å². The van der Waals surface area contributed by atoms with Gasteiger partial charge in [-0.2, -0.15) is 0 Å². The molecule has 118 valence electrons. The minimum atomic E-state index is -0.0659. The molecule has 1 aromatic carbocycles. The molecule has 1 aromatic rings. The van der Waals surface area contributed by atoms with Gasteiger partial charge in [0.2, 0.25) is 0 Å². The number of rotatable bonds is 6. The first-order chi connectivity index (χ1) is 10.1. The molecule has 1 aliphatic rings. The van der Waals surface area contributed by atoms with Crippen LogP contribution in [0.15, 0.2) is 22.7 Å². The minimum absolute atomic E-state index is 0.0659. The fraction of sp³-hybridized carbons (Fsp3) is 0.667. The minimum Gasteiger partial charge on any atom is -0.316 e. The van der Waals surface area contributed by atoms with E-state index in [0.717, 1.165) is 29.5 Å². The smallest absolute Gasteiger partial charge is 0.127 e. The lowest BCUT2D eigenvalue weighted by Crippen LogP contribution is -2.33. The van der Waals surface area contributed by atoms with Crippen LogP contribution < -0.4 is 5.32 Å². The highest BCUT2D eigenvalue weighted by Crippen LogP contribution is 2.33. The van der Waals surface area contributed by atoms with E-state index in [0.29, 0.717) is 17.8 Å². The average molecular weight is 356 g/mol. The predicted molar refractivity (Wildman–Crippen MR) is 91.0 cm³/mol. The summed E-state index contributed by atoms with van der Waals surface area (Å²) in [6.45, 7) is 6.64. The topological polar surface area (TPSA) is 12.0 Å². The zero-order valence-electron chi connectivity index (χ0n) is 13.2. The van der Waals surface area contributed by atoms with Gasteiger partial charge in [0.25, 0.3) is 0 Å². The quantitative estimate of drug-likeness (QED) is 0.740. The van der Waals surface area contributed by atoms with Gasteiger partial charge in [0, 0.05) is 4.47 Å². The second-order valence-electron chi connectivity index (χ2n) is 6.80. The number of benzene rings is 1. The summed E-state index contributed by atoms with van der Waals surface area (Å²) in [5.74, 6) is 1.94. The van der Waals surface area contributed by atoms with Gasteiger partial charge in [0.05, 0.1) is 0 Å². The van der Waals surface area contributed by atoms with E-state index in [1.54, 1.807) is 6.07 Å². The summed E-state index contributed by atoms with van der Waals surface area (Å²) in [4.78, 5) is 0. The summed E-state index contributed by atoms with van der Waals surface area (Å²) in [5, 5.41) is 3.59. The maximum atomic E-state index is 14.0. The average Bonchev–Trinajstić information content (AvgIpc) is 2.43. The van der Waals surface area contributed by atoms with E-state index in [1.165, 1.54) is 25.7 Å². The second-order valence-corrected chi connectivity index (χ2v) is 7.71. The molecule has 0 aliphatic heterocycles. The maximum Gasteiger partial charge on any atom is 0.127 e. The van der Waals surface area contributed by atoms with E-state index < -0.39 is 0 Å². The second kappa shape index (κ2) is 8.28. The zero-order chi connectivity index (χ0) is 15.2. The summed E-state index contributed by atoms with van der Waals surface area (Å²) >= 11 is 3.33. The molecule has 1 N–H and O–H groups in total. The van der Waals surface area contributed by atoms with Crippen LogP contribution in [-0.4, -0.2) is 13.1 Å². The van der Waals surface area contributed by atoms with Crippen molar-refractivity contribution in [1.82, 2.24) is 5.32 Å². The Balaban J connectivity index is 1.94. The SMILES string of the molecule is CC(C)CNCC1CCCCC1Cc1ccc(Br)cc1F. The summed E-state index contributed by atoms with van der Waals surface area (Å²) in [5.41, 5.74) is 0.874. The lowest BCUT2D eigenvalue weighted by atomic mass is 9.76. The molecule has 0 spiro atoms. The normalized spacial score (nSPS) is 22.7.